The third-order valence-electron chi connectivity index (χ3n) is 0.222. The molecule has 2 heteroatoms. The molecule has 0 aliphatic carbocycles. The molecule has 0 aliphatic heterocycles. The minimum atomic E-state index is -0.322. The van der Waals surface area contributed by atoms with Crippen LogP contribution in [0.5, 0.6) is 0 Å². The molecule has 31 valence electrons. The van der Waals surface area contributed by atoms with Gasteiger partial charge in [0.05, 0.1) is 0 Å². The van der Waals surface area contributed by atoms with E-state index in [4.69, 9.17) is 0 Å². The number of hydrogen-bond donors (Lipinski definition) is 0. The lowest BCUT2D eigenvalue weighted by Crippen LogP contribution is -1.76. The Morgan fingerprint density at radius 1 is 2.00 bits per heavy atom. The van der Waals surface area contributed by atoms with Crippen molar-refractivity contribution in [1.82, 2.24) is 0 Å². The Bertz CT molecular complexity index is 100. The van der Waals surface area contributed by atoms with Gasteiger partial charge in [0.1, 0.15) is 0 Å². The quantitative estimate of drug-likeness (QED) is 0.383. The standard InChI is InChI=1S/C4H4NO/c1-3-5-4(2)6/h1H,2H3. The maximum Gasteiger partial charge on any atom is 0.250 e. The summed E-state index contributed by atoms with van der Waals surface area (Å²) in [6.07, 6.45) is 0. The molecule has 0 spiro atoms. The van der Waals surface area contributed by atoms with Crippen molar-refractivity contribution in [3.05, 3.63) is 6.58 Å². The smallest absolute Gasteiger partial charge is 0.250 e. The largest absolute Gasteiger partial charge is 0.272 e. The van der Waals surface area contributed by atoms with Crippen molar-refractivity contribution >= 4 is 11.8 Å². The second-order valence-electron chi connectivity index (χ2n) is 0.760. The molecule has 0 N–H and O–H groups in total. The summed E-state index contributed by atoms with van der Waals surface area (Å²) in [6.45, 7) is 5.90. The van der Waals surface area contributed by atoms with Crippen LogP contribution >= 0.6 is 0 Å². The first-order chi connectivity index (χ1) is 2.77. The number of amides is 1. The van der Waals surface area contributed by atoms with Crippen LogP contribution in [0.15, 0.2) is 4.99 Å². The summed E-state index contributed by atoms with van der Waals surface area (Å²) in [7, 11) is 0. The molecule has 0 saturated heterocycles. The Labute approximate surface area is 36.2 Å². The van der Waals surface area contributed by atoms with Gasteiger partial charge < -0.3 is 0 Å². The van der Waals surface area contributed by atoms with Crippen LogP contribution < -0.4 is 0 Å². The molecule has 0 aromatic carbocycles. The molecule has 0 bridgehead atoms. The Morgan fingerprint density at radius 3 is 2.50 bits per heavy atom. The average molecular weight is 82.1 g/mol. The van der Waals surface area contributed by atoms with Crippen LogP contribution in [0.1, 0.15) is 6.92 Å². The van der Waals surface area contributed by atoms with Crippen LogP contribution in [-0.2, 0) is 4.79 Å². The average Bonchev–Trinajstić information content (AvgIpc) is 1.35. The van der Waals surface area contributed by atoms with Gasteiger partial charge >= 0.3 is 0 Å². The molecule has 0 rings (SSSR count). The van der Waals surface area contributed by atoms with Gasteiger partial charge in [0, 0.05) is 13.5 Å². The highest BCUT2D eigenvalue weighted by Crippen LogP contribution is 1.61. The molecule has 0 aromatic rings. The van der Waals surface area contributed by atoms with E-state index in [1.807, 2.05) is 5.87 Å². The zero-order chi connectivity index (χ0) is 4.99. The monoisotopic (exact) mass is 82.0 g/mol. The minimum Gasteiger partial charge on any atom is -0.272 e. The molecule has 0 aliphatic rings. The SMILES string of the molecule is [CH]=C=NC(C)=O. The van der Waals surface area contributed by atoms with E-state index in [9.17, 15) is 4.79 Å². The molecule has 0 heterocycles. The summed E-state index contributed by atoms with van der Waals surface area (Å²) in [5.74, 6) is 1.52. The molecule has 0 unspecified atom stereocenters. The van der Waals surface area contributed by atoms with E-state index in [0.717, 1.165) is 0 Å². The molecule has 6 heavy (non-hydrogen) atoms. The number of rotatable bonds is 0. The van der Waals surface area contributed by atoms with Crippen molar-refractivity contribution in [2.45, 2.75) is 6.92 Å². The van der Waals surface area contributed by atoms with Gasteiger partial charge in [0.25, 0.3) is 5.91 Å². The predicted molar refractivity (Wildman–Crippen MR) is 22.4 cm³/mol. The minimum absolute atomic E-state index is 0.322. The number of hydrogen-bond acceptors (Lipinski definition) is 1. The van der Waals surface area contributed by atoms with E-state index in [0.29, 0.717) is 0 Å². The molecule has 1 radical (unpaired) electrons. The normalized spacial score (nSPS) is 6.17. The highest BCUT2D eigenvalue weighted by atomic mass is 16.1. The van der Waals surface area contributed by atoms with Gasteiger partial charge in [-0.3, -0.25) is 4.79 Å². The first-order valence-corrected chi connectivity index (χ1v) is 1.44. The zero-order valence-electron chi connectivity index (χ0n) is 3.43. The Morgan fingerprint density at radius 2 is 2.50 bits per heavy atom. The summed E-state index contributed by atoms with van der Waals surface area (Å²) in [6, 6.07) is 0. The lowest BCUT2D eigenvalue weighted by molar-refractivity contribution is -0.115. The lowest BCUT2D eigenvalue weighted by atomic mass is 10.8. The van der Waals surface area contributed by atoms with Gasteiger partial charge in [-0.05, 0) is 5.87 Å². The Balaban J connectivity index is 3.60. The van der Waals surface area contributed by atoms with Crippen molar-refractivity contribution < 1.29 is 4.79 Å². The van der Waals surface area contributed by atoms with Crippen molar-refractivity contribution in [3.63, 3.8) is 0 Å². The van der Waals surface area contributed by atoms with Gasteiger partial charge in [0.15, 0.2) is 0 Å². The Hall–Kier alpha value is -0.880. The predicted octanol–water partition coefficient (Wildman–Crippen LogP) is 0.192. The van der Waals surface area contributed by atoms with Crippen LogP contribution in [0.25, 0.3) is 0 Å². The van der Waals surface area contributed by atoms with Crippen molar-refractivity contribution in [2.75, 3.05) is 0 Å². The van der Waals surface area contributed by atoms with Gasteiger partial charge in [-0.15, -0.1) is 0 Å². The van der Waals surface area contributed by atoms with Crippen molar-refractivity contribution in [1.29, 1.82) is 0 Å². The fourth-order valence-electron chi connectivity index (χ4n) is 0.0909. The molecule has 1 amide bonds. The third-order valence-corrected chi connectivity index (χ3v) is 0.222. The van der Waals surface area contributed by atoms with Crippen molar-refractivity contribution in [3.8, 4) is 0 Å². The zero-order valence-corrected chi connectivity index (χ0v) is 3.43. The van der Waals surface area contributed by atoms with Gasteiger partial charge in [-0.1, -0.05) is 0 Å². The van der Waals surface area contributed by atoms with Crippen LogP contribution in [0.3, 0.4) is 0 Å². The number of carbonyl (C=O) groups excluding carboxylic acids is 1. The third kappa shape index (κ3) is 3.12. The molecular formula is C4H4NO. The summed E-state index contributed by atoms with van der Waals surface area (Å²) in [4.78, 5) is 12.7. The van der Waals surface area contributed by atoms with E-state index in [-0.39, 0.29) is 5.91 Å². The lowest BCUT2D eigenvalue weighted by Gasteiger charge is -1.64. The van der Waals surface area contributed by atoms with Crippen LogP contribution in [0, 0.1) is 6.58 Å². The van der Waals surface area contributed by atoms with Crippen molar-refractivity contribution in [2.24, 2.45) is 4.99 Å². The summed E-state index contributed by atoms with van der Waals surface area (Å²) in [5, 5.41) is 0. The highest BCUT2D eigenvalue weighted by molar-refractivity contribution is 5.80. The number of nitrogens with zero attached hydrogens (tertiary/aromatic N) is 1. The van der Waals surface area contributed by atoms with E-state index < -0.39 is 0 Å². The maximum absolute atomic E-state index is 9.73. The molecule has 0 saturated carbocycles. The fourth-order valence-corrected chi connectivity index (χ4v) is 0.0909. The summed E-state index contributed by atoms with van der Waals surface area (Å²) in [5.41, 5.74) is 0. The molecule has 0 aromatic heterocycles. The maximum atomic E-state index is 9.73. The van der Waals surface area contributed by atoms with Gasteiger partial charge in [-0.2, -0.15) is 4.99 Å². The topological polar surface area (TPSA) is 29.4 Å². The summed E-state index contributed by atoms with van der Waals surface area (Å²) < 4.78 is 0. The molecule has 2 nitrogen and oxygen atoms in total. The highest BCUT2D eigenvalue weighted by Gasteiger charge is 1.73. The second-order valence-corrected chi connectivity index (χ2v) is 0.760. The number of carbonyl (C=O) groups is 1. The molecular weight excluding hydrogens is 78.0 g/mol. The van der Waals surface area contributed by atoms with E-state index in [1.165, 1.54) is 6.92 Å². The summed E-state index contributed by atoms with van der Waals surface area (Å²) >= 11 is 0. The van der Waals surface area contributed by atoms with Crippen LogP contribution in [-0.4, -0.2) is 11.8 Å². The van der Waals surface area contributed by atoms with E-state index in [1.54, 1.807) is 0 Å². The van der Waals surface area contributed by atoms with E-state index in [2.05, 4.69) is 11.6 Å². The fraction of sp³-hybridized carbons (Fsp3) is 0.250. The van der Waals surface area contributed by atoms with E-state index >= 15 is 0 Å². The van der Waals surface area contributed by atoms with Crippen LogP contribution in [0.4, 0.5) is 0 Å². The molecule has 0 fully saturated rings. The number of aliphatic imine (C=N–C) groups is 1. The first kappa shape index (κ1) is 5.12. The van der Waals surface area contributed by atoms with Crippen LogP contribution in [0.2, 0.25) is 0 Å². The van der Waals surface area contributed by atoms with Gasteiger partial charge in [0.2, 0.25) is 0 Å². The first-order valence-electron chi connectivity index (χ1n) is 1.44. The second kappa shape index (κ2) is 2.36. The van der Waals surface area contributed by atoms with Gasteiger partial charge in [-0.25, -0.2) is 0 Å². The Kier molecular flexibility index (Phi) is 2.02. The molecule has 0 atom stereocenters.